The topological polar surface area (TPSA) is 18.5 Å². The van der Waals surface area contributed by atoms with E-state index in [4.69, 9.17) is 9.47 Å². The smallest absolute Gasteiger partial charge is 0.173 e. The molecule has 0 bridgehead atoms. The lowest BCUT2D eigenvalue weighted by Gasteiger charge is -1.88. The molecule has 0 aliphatic heterocycles. The zero-order valence-corrected chi connectivity index (χ0v) is 14.2. The molecule has 114 valence electrons. The van der Waals surface area contributed by atoms with Crippen molar-refractivity contribution in [2.45, 2.75) is 0 Å². The Hall–Kier alpha value is -2.04. The van der Waals surface area contributed by atoms with Gasteiger partial charge in [-0.2, -0.15) is 0 Å². The Morgan fingerprint density at radius 3 is 1.41 bits per heavy atom. The predicted octanol–water partition coefficient (Wildman–Crippen LogP) is 5.67. The van der Waals surface area contributed by atoms with E-state index in [2.05, 4.69) is 12.2 Å². The van der Waals surface area contributed by atoms with Gasteiger partial charge >= 0.3 is 0 Å². The Bertz CT molecular complexity index is 627. The number of rotatable bonds is 7. The first-order valence-electron chi connectivity index (χ1n) is 6.77. The Kier molecular flexibility index (Phi) is 6.74. The molecule has 0 radical (unpaired) electrons. The number of methoxy groups -OCH3 is 2. The molecule has 0 spiro atoms. The molecule has 0 saturated heterocycles. The molecule has 0 atom stereocenters. The van der Waals surface area contributed by atoms with E-state index in [-0.39, 0.29) is 0 Å². The maximum Gasteiger partial charge on any atom is 0.173 e. The summed E-state index contributed by atoms with van der Waals surface area (Å²) in [5.74, 6) is 0. The Morgan fingerprint density at radius 2 is 1.05 bits per heavy atom. The van der Waals surface area contributed by atoms with Gasteiger partial charge in [-0.05, 0) is 36.4 Å². The zero-order valence-electron chi connectivity index (χ0n) is 12.6. The highest BCUT2D eigenvalue weighted by molar-refractivity contribution is 7.15. The molecule has 0 N–H and O–H groups in total. The van der Waals surface area contributed by atoms with E-state index >= 15 is 0 Å². The van der Waals surface area contributed by atoms with Gasteiger partial charge < -0.3 is 9.47 Å². The molecule has 0 saturated carbocycles. The summed E-state index contributed by atoms with van der Waals surface area (Å²) in [6.07, 6.45) is 16.2. The van der Waals surface area contributed by atoms with Crippen molar-refractivity contribution in [1.29, 1.82) is 0 Å². The van der Waals surface area contributed by atoms with E-state index in [1.54, 1.807) is 36.9 Å². The molecule has 2 nitrogen and oxygen atoms in total. The first-order chi connectivity index (χ1) is 10.8. The number of allylic oxidation sites excluding steroid dienone is 6. The van der Waals surface area contributed by atoms with Crippen LogP contribution in [-0.2, 0) is 0 Å². The largest absolute Gasteiger partial charge is 0.487 e. The number of hydrogen-bond acceptors (Lipinski definition) is 4. The van der Waals surface area contributed by atoms with Gasteiger partial charge in [-0.1, -0.05) is 59.1 Å². The standard InChI is InChI=1S/C18H18O2S2/c1-19-17-13-11-15(21-17)9-7-5-3-4-6-8-10-16-12-14-18(20-2)22-16/h3-14H,1-2H3/b5-3+,6-4+,9-7+,10-8+. The summed E-state index contributed by atoms with van der Waals surface area (Å²) in [5.41, 5.74) is 0. The minimum Gasteiger partial charge on any atom is -0.487 e. The summed E-state index contributed by atoms with van der Waals surface area (Å²) in [4.78, 5) is 2.36. The fourth-order valence-electron chi connectivity index (χ4n) is 1.62. The van der Waals surface area contributed by atoms with Crippen LogP contribution in [-0.4, -0.2) is 14.2 Å². The maximum atomic E-state index is 5.15. The lowest BCUT2D eigenvalue weighted by molar-refractivity contribution is 0.427. The second-order valence-electron chi connectivity index (χ2n) is 4.21. The first kappa shape index (κ1) is 16.3. The van der Waals surface area contributed by atoms with E-state index in [9.17, 15) is 0 Å². The third kappa shape index (κ3) is 5.39. The van der Waals surface area contributed by atoms with Crippen LogP contribution in [0.1, 0.15) is 9.75 Å². The van der Waals surface area contributed by atoms with Crippen molar-refractivity contribution >= 4 is 34.8 Å². The van der Waals surface area contributed by atoms with Gasteiger partial charge in [0.05, 0.1) is 14.2 Å². The van der Waals surface area contributed by atoms with Gasteiger partial charge in [0.15, 0.2) is 10.1 Å². The van der Waals surface area contributed by atoms with Crippen LogP contribution in [0.25, 0.3) is 12.2 Å². The minimum atomic E-state index is 0.930. The quantitative estimate of drug-likeness (QED) is 0.609. The molecular formula is C18H18O2S2. The molecule has 2 aromatic heterocycles. The predicted molar refractivity (Wildman–Crippen MR) is 98.1 cm³/mol. The van der Waals surface area contributed by atoms with E-state index in [1.807, 2.05) is 60.7 Å². The molecule has 0 unspecified atom stereocenters. The highest BCUT2D eigenvalue weighted by Gasteiger charge is 1.94. The molecular weight excluding hydrogens is 312 g/mol. The second-order valence-corrected chi connectivity index (χ2v) is 6.37. The van der Waals surface area contributed by atoms with E-state index in [1.165, 1.54) is 9.75 Å². The molecule has 0 fully saturated rings. The van der Waals surface area contributed by atoms with E-state index in [0.29, 0.717) is 0 Å². The van der Waals surface area contributed by atoms with E-state index in [0.717, 1.165) is 10.1 Å². The van der Waals surface area contributed by atoms with Crippen molar-refractivity contribution in [3.8, 4) is 10.1 Å². The van der Waals surface area contributed by atoms with Gasteiger partial charge in [-0.15, -0.1) is 0 Å². The average molecular weight is 330 g/mol. The van der Waals surface area contributed by atoms with Gasteiger partial charge in [-0.3, -0.25) is 0 Å². The van der Waals surface area contributed by atoms with Crippen molar-refractivity contribution in [2.75, 3.05) is 14.2 Å². The van der Waals surface area contributed by atoms with Crippen LogP contribution in [0.15, 0.2) is 60.7 Å². The molecule has 2 rings (SSSR count). The third-order valence-corrected chi connectivity index (χ3v) is 4.71. The minimum absolute atomic E-state index is 0.930. The van der Waals surface area contributed by atoms with Gasteiger partial charge in [0, 0.05) is 9.75 Å². The molecule has 22 heavy (non-hydrogen) atoms. The lowest BCUT2D eigenvalue weighted by Crippen LogP contribution is -1.73. The third-order valence-electron chi connectivity index (χ3n) is 2.68. The summed E-state index contributed by atoms with van der Waals surface area (Å²) in [6, 6.07) is 8.03. The Labute approximate surface area is 139 Å². The number of ether oxygens (including phenoxy) is 2. The summed E-state index contributed by atoms with van der Waals surface area (Å²) >= 11 is 3.25. The summed E-state index contributed by atoms with van der Waals surface area (Å²) in [7, 11) is 3.37. The summed E-state index contributed by atoms with van der Waals surface area (Å²) in [6.45, 7) is 0. The fourth-order valence-corrected chi connectivity index (χ4v) is 3.09. The van der Waals surface area contributed by atoms with Crippen LogP contribution in [0, 0.1) is 0 Å². The van der Waals surface area contributed by atoms with E-state index < -0.39 is 0 Å². The normalized spacial score (nSPS) is 12.3. The van der Waals surface area contributed by atoms with Gasteiger partial charge in [0.1, 0.15) is 0 Å². The fraction of sp³-hybridized carbons (Fsp3) is 0.111. The maximum absolute atomic E-state index is 5.15. The van der Waals surface area contributed by atoms with Crippen LogP contribution in [0.2, 0.25) is 0 Å². The number of hydrogen-bond donors (Lipinski definition) is 0. The first-order valence-corrected chi connectivity index (χ1v) is 8.41. The zero-order chi connectivity index (χ0) is 15.6. The van der Waals surface area contributed by atoms with Crippen LogP contribution < -0.4 is 9.47 Å². The van der Waals surface area contributed by atoms with Crippen LogP contribution >= 0.6 is 22.7 Å². The molecule has 2 aromatic rings. The Morgan fingerprint density at radius 1 is 0.636 bits per heavy atom. The molecule has 0 aliphatic carbocycles. The molecule has 0 aliphatic rings. The van der Waals surface area contributed by atoms with Gasteiger partial charge in [0.2, 0.25) is 0 Å². The van der Waals surface area contributed by atoms with Crippen LogP contribution in [0.4, 0.5) is 0 Å². The monoisotopic (exact) mass is 330 g/mol. The Balaban J connectivity index is 1.76. The van der Waals surface area contributed by atoms with Gasteiger partial charge in [0.25, 0.3) is 0 Å². The van der Waals surface area contributed by atoms with Gasteiger partial charge in [-0.25, -0.2) is 0 Å². The highest BCUT2D eigenvalue weighted by Crippen LogP contribution is 2.25. The van der Waals surface area contributed by atoms with Crippen molar-refractivity contribution in [3.63, 3.8) is 0 Å². The van der Waals surface area contributed by atoms with Crippen molar-refractivity contribution < 1.29 is 9.47 Å². The summed E-state index contributed by atoms with van der Waals surface area (Å²) < 4.78 is 10.3. The second kappa shape index (κ2) is 9.07. The summed E-state index contributed by atoms with van der Waals surface area (Å²) in [5, 5.41) is 1.86. The number of thiophene rings is 2. The van der Waals surface area contributed by atoms with Crippen molar-refractivity contribution in [1.82, 2.24) is 0 Å². The molecule has 4 heteroatoms. The van der Waals surface area contributed by atoms with Crippen LogP contribution in [0.5, 0.6) is 10.1 Å². The molecule has 0 amide bonds. The SMILES string of the molecule is COc1ccc(/C=C/C=C/C=C/C=C/c2ccc(OC)s2)s1. The highest BCUT2D eigenvalue weighted by atomic mass is 32.1. The average Bonchev–Trinajstić information content (AvgIpc) is 3.18. The lowest BCUT2D eigenvalue weighted by atomic mass is 10.3. The molecule has 2 heterocycles. The van der Waals surface area contributed by atoms with Crippen molar-refractivity contribution in [3.05, 3.63) is 70.5 Å². The van der Waals surface area contributed by atoms with Crippen LogP contribution in [0.3, 0.4) is 0 Å². The molecule has 0 aromatic carbocycles. The van der Waals surface area contributed by atoms with Crippen molar-refractivity contribution in [2.24, 2.45) is 0 Å².